The van der Waals surface area contributed by atoms with Gasteiger partial charge in [0.05, 0.1) is 4.47 Å². The first-order valence-corrected chi connectivity index (χ1v) is 6.81. The molecule has 1 N–H and O–H groups in total. The van der Waals surface area contributed by atoms with Crippen molar-refractivity contribution in [3.63, 3.8) is 0 Å². The molecule has 2 aromatic carbocycles. The molecule has 0 unspecified atom stereocenters. The Bertz CT molecular complexity index is 496. The Labute approximate surface area is 116 Å². The van der Waals surface area contributed by atoms with Crippen LogP contribution in [0.1, 0.15) is 12.5 Å². The fourth-order valence-electron chi connectivity index (χ4n) is 1.60. The molecule has 0 saturated carbocycles. The summed E-state index contributed by atoms with van der Waals surface area (Å²) in [5.41, 5.74) is 1.26. The third-order valence-corrected chi connectivity index (χ3v) is 3.22. The lowest BCUT2D eigenvalue weighted by Gasteiger charge is -2.08. The molecule has 2 aromatic rings. The number of benzene rings is 2. The first-order valence-electron chi connectivity index (χ1n) is 6.01. The van der Waals surface area contributed by atoms with E-state index in [1.165, 1.54) is 5.56 Å². The zero-order chi connectivity index (χ0) is 12.8. The number of rotatable bonds is 5. The van der Waals surface area contributed by atoms with E-state index >= 15 is 0 Å². The quantitative estimate of drug-likeness (QED) is 0.886. The van der Waals surface area contributed by atoms with Crippen LogP contribution in [-0.4, -0.2) is 6.54 Å². The predicted octanol–water partition coefficient (Wildman–Crippen LogP) is 4.35. The van der Waals surface area contributed by atoms with Crippen molar-refractivity contribution in [1.29, 1.82) is 0 Å². The van der Waals surface area contributed by atoms with Gasteiger partial charge in [0.25, 0.3) is 0 Å². The third kappa shape index (κ3) is 3.59. The molecule has 2 nitrogen and oxygen atoms in total. The third-order valence-electron chi connectivity index (χ3n) is 2.57. The molecule has 0 aliphatic heterocycles. The molecule has 0 aliphatic carbocycles. The van der Waals surface area contributed by atoms with Gasteiger partial charge in [-0.15, -0.1) is 0 Å². The van der Waals surface area contributed by atoms with Crippen LogP contribution in [0, 0.1) is 0 Å². The summed E-state index contributed by atoms with van der Waals surface area (Å²) >= 11 is 3.47. The van der Waals surface area contributed by atoms with Crippen LogP contribution in [0.25, 0.3) is 0 Å². The van der Waals surface area contributed by atoms with E-state index in [0.717, 1.165) is 29.1 Å². The highest BCUT2D eigenvalue weighted by molar-refractivity contribution is 9.10. The lowest BCUT2D eigenvalue weighted by Crippen LogP contribution is -2.11. The van der Waals surface area contributed by atoms with Crippen molar-refractivity contribution in [3.05, 3.63) is 58.6 Å². The predicted molar refractivity (Wildman–Crippen MR) is 78.0 cm³/mol. The number of hydrogen-bond donors (Lipinski definition) is 1. The lowest BCUT2D eigenvalue weighted by atomic mass is 10.2. The number of ether oxygens (including phenoxy) is 1. The van der Waals surface area contributed by atoms with Crippen LogP contribution >= 0.6 is 15.9 Å². The van der Waals surface area contributed by atoms with E-state index in [0.29, 0.717) is 0 Å². The Hall–Kier alpha value is -1.32. The second-order valence-corrected chi connectivity index (χ2v) is 4.81. The van der Waals surface area contributed by atoms with Gasteiger partial charge in [0.2, 0.25) is 0 Å². The minimum Gasteiger partial charge on any atom is -0.456 e. The smallest absolute Gasteiger partial charge is 0.141 e. The van der Waals surface area contributed by atoms with Crippen LogP contribution in [0.4, 0.5) is 0 Å². The van der Waals surface area contributed by atoms with Crippen molar-refractivity contribution >= 4 is 15.9 Å². The zero-order valence-corrected chi connectivity index (χ0v) is 11.9. The number of para-hydroxylation sites is 1. The Balaban J connectivity index is 2.04. The zero-order valence-electron chi connectivity index (χ0n) is 10.3. The summed E-state index contributed by atoms with van der Waals surface area (Å²) in [6, 6.07) is 16.0. The summed E-state index contributed by atoms with van der Waals surface area (Å²) in [5.74, 6) is 1.68. The van der Waals surface area contributed by atoms with Gasteiger partial charge in [0.1, 0.15) is 11.5 Å². The van der Waals surface area contributed by atoms with E-state index in [4.69, 9.17) is 4.74 Å². The van der Waals surface area contributed by atoms with Crippen molar-refractivity contribution in [1.82, 2.24) is 5.32 Å². The fourth-order valence-corrected chi connectivity index (χ4v) is 1.96. The average Bonchev–Trinajstić information content (AvgIpc) is 2.41. The Morgan fingerprint density at radius 2 is 1.78 bits per heavy atom. The summed E-state index contributed by atoms with van der Waals surface area (Å²) < 4.78 is 6.76. The highest BCUT2D eigenvalue weighted by Gasteiger charge is 2.01. The summed E-state index contributed by atoms with van der Waals surface area (Å²) in [7, 11) is 0. The van der Waals surface area contributed by atoms with Crippen molar-refractivity contribution < 1.29 is 4.74 Å². The number of halogens is 1. The van der Waals surface area contributed by atoms with Gasteiger partial charge in [-0.25, -0.2) is 0 Å². The largest absolute Gasteiger partial charge is 0.456 e. The van der Waals surface area contributed by atoms with Gasteiger partial charge in [-0.1, -0.05) is 31.2 Å². The van der Waals surface area contributed by atoms with E-state index in [1.807, 2.05) is 36.4 Å². The summed E-state index contributed by atoms with van der Waals surface area (Å²) in [6.45, 7) is 3.98. The van der Waals surface area contributed by atoms with Gasteiger partial charge in [-0.3, -0.25) is 0 Å². The minimum absolute atomic E-state index is 0.830. The molecule has 0 atom stereocenters. The van der Waals surface area contributed by atoms with Crippen LogP contribution in [0.3, 0.4) is 0 Å². The van der Waals surface area contributed by atoms with Crippen LogP contribution < -0.4 is 10.1 Å². The van der Waals surface area contributed by atoms with Crippen molar-refractivity contribution in [3.8, 4) is 11.5 Å². The highest BCUT2D eigenvalue weighted by Crippen LogP contribution is 2.29. The first kappa shape index (κ1) is 13.1. The van der Waals surface area contributed by atoms with Crippen LogP contribution in [0.2, 0.25) is 0 Å². The summed E-state index contributed by atoms with van der Waals surface area (Å²) in [5, 5.41) is 3.29. The molecule has 3 heteroatoms. The van der Waals surface area contributed by atoms with Gasteiger partial charge in [0.15, 0.2) is 0 Å². The van der Waals surface area contributed by atoms with Crippen LogP contribution in [0.15, 0.2) is 53.0 Å². The molecule has 0 aliphatic rings. The topological polar surface area (TPSA) is 21.3 Å². The number of hydrogen-bond acceptors (Lipinski definition) is 2. The molecule has 0 radical (unpaired) electrons. The molecule has 0 bridgehead atoms. The SMILES string of the molecule is CCNCc1ccc(Oc2ccccc2Br)cc1. The molecule has 18 heavy (non-hydrogen) atoms. The van der Waals surface area contributed by atoms with Gasteiger partial charge in [-0.2, -0.15) is 0 Å². The number of nitrogens with one attached hydrogen (secondary N) is 1. The Kier molecular flexibility index (Phi) is 4.79. The van der Waals surface area contributed by atoms with Gasteiger partial charge < -0.3 is 10.1 Å². The van der Waals surface area contributed by atoms with Crippen molar-refractivity contribution in [2.24, 2.45) is 0 Å². The molecule has 0 aromatic heterocycles. The summed E-state index contributed by atoms with van der Waals surface area (Å²) in [4.78, 5) is 0. The molecule has 2 rings (SSSR count). The monoisotopic (exact) mass is 305 g/mol. The second kappa shape index (κ2) is 6.57. The minimum atomic E-state index is 0.830. The second-order valence-electron chi connectivity index (χ2n) is 3.96. The molecule has 0 spiro atoms. The molecule has 0 fully saturated rings. The van der Waals surface area contributed by atoms with Gasteiger partial charge in [0, 0.05) is 6.54 Å². The van der Waals surface area contributed by atoms with Crippen LogP contribution in [-0.2, 0) is 6.54 Å². The van der Waals surface area contributed by atoms with E-state index in [1.54, 1.807) is 0 Å². The van der Waals surface area contributed by atoms with Crippen LogP contribution in [0.5, 0.6) is 11.5 Å². The van der Waals surface area contributed by atoms with Gasteiger partial charge in [-0.05, 0) is 52.3 Å². The highest BCUT2D eigenvalue weighted by atomic mass is 79.9. The summed E-state index contributed by atoms with van der Waals surface area (Å²) in [6.07, 6.45) is 0. The maximum atomic E-state index is 5.80. The molecular formula is C15H16BrNO. The Morgan fingerprint density at radius 1 is 1.06 bits per heavy atom. The Morgan fingerprint density at radius 3 is 2.44 bits per heavy atom. The molecule has 0 amide bonds. The lowest BCUT2D eigenvalue weighted by molar-refractivity contribution is 0.479. The van der Waals surface area contributed by atoms with Crippen molar-refractivity contribution in [2.45, 2.75) is 13.5 Å². The maximum absolute atomic E-state index is 5.80. The molecule has 94 valence electrons. The maximum Gasteiger partial charge on any atom is 0.141 e. The normalized spacial score (nSPS) is 10.3. The molecule has 0 saturated heterocycles. The van der Waals surface area contributed by atoms with Crippen molar-refractivity contribution in [2.75, 3.05) is 6.54 Å². The van der Waals surface area contributed by atoms with E-state index in [-0.39, 0.29) is 0 Å². The average molecular weight is 306 g/mol. The fraction of sp³-hybridized carbons (Fsp3) is 0.200. The first-order chi connectivity index (χ1) is 8.79. The molecular weight excluding hydrogens is 290 g/mol. The standard InChI is InChI=1S/C15H16BrNO/c1-2-17-11-12-7-9-13(10-8-12)18-15-6-4-3-5-14(15)16/h3-10,17H,2,11H2,1H3. The van der Waals surface area contributed by atoms with Gasteiger partial charge >= 0.3 is 0 Å². The van der Waals surface area contributed by atoms with E-state index in [2.05, 4.69) is 40.3 Å². The van der Waals surface area contributed by atoms with E-state index in [9.17, 15) is 0 Å². The van der Waals surface area contributed by atoms with E-state index < -0.39 is 0 Å². The molecule has 0 heterocycles.